The number of nitrogens with zero attached hydrogens (tertiary/aromatic N) is 3. The van der Waals surface area contributed by atoms with Crippen LogP contribution in [0, 0.1) is 18.8 Å². The second-order valence-electron chi connectivity index (χ2n) is 9.11. The Kier molecular flexibility index (Phi) is 6.03. The predicted octanol–water partition coefficient (Wildman–Crippen LogP) is 4.70. The van der Waals surface area contributed by atoms with E-state index in [1.54, 1.807) is 6.20 Å². The first-order chi connectivity index (χ1) is 15.6. The summed E-state index contributed by atoms with van der Waals surface area (Å²) in [5.41, 5.74) is 2.77. The number of amides is 1. The monoisotopic (exact) mass is 448 g/mol. The van der Waals surface area contributed by atoms with Crippen LogP contribution in [0.15, 0.2) is 54.7 Å². The van der Waals surface area contributed by atoms with E-state index < -0.39 is 0 Å². The molecule has 0 saturated carbocycles. The third-order valence-corrected chi connectivity index (χ3v) is 7.28. The van der Waals surface area contributed by atoms with E-state index in [4.69, 9.17) is 11.6 Å². The summed E-state index contributed by atoms with van der Waals surface area (Å²) in [6.45, 7) is 7.86. The molecule has 32 heavy (non-hydrogen) atoms. The van der Waals surface area contributed by atoms with Crippen molar-refractivity contribution in [2.45, 2.75) is 13.3 Å². The zero-order chi connectivity index (χ0) is 22.1. The van der Waals surface area contributed by atoms with E-state index >= 15 is 0 Å². The minimum atomic E-state index is 0.0729. The predicted molar refractivity (Wildman–Crippen MR) is 130 cm³/mol. The van der Waals surface area contributed by atoms with Crippen molar-refractivity contribution in [3.8, 4) is 0 Å². The molecule has 2 aromatic carbocycles. The number of fused-ring (bicyclic) bond motifs is 2. The molecular weight excluding hydrogens is 420 g/mol. The van der Waals surface area contributed by atoms with Crippen molar-refractivity contribution in [1.82, 2.24) is 14.8 Å². The molecular formula is C26H29ClN4O. The summed E-state index contributed by atoms with van der Waals surface area (Å²) in [6, 6.07) is 16.1. The number of aryl methyl sites for hydroxylation is 1. The lowest BCUT2D eigenvalue weighted by Crippen LogP contribution is -2.34. The summed E-state index contributed by atoms with van der Waals surface area (Å²) in [5.74, 6) is 1.21. The van der Waals surface area contributed by atoms with Crippen molar-refractivity contribution in [3.05, 3.63) is 71.0 Å². The molecule has 5 nitrogen and oxygen atoms in total. The summed E-state index contributed by atoms with van der Waals surface area (Å²) < 4.78 is 0. The number of halogens is 1. The smallest absolute Gasteiger partial charge is 0.273 e. The van der Waals surface area contributed by atoms with Crippen LogP contribution in [-0.2, 0) is 0 Å². The normalized spacial score (nSPS) is 20.6. The first-order valence-electron chi connectivity index (χ1n) is 11.4. The van der Waals surface area contributed by atoms with E-state index in [1.165, 1.54) is 0 Å². The van der Waals surface area contributed by atoms with Gasteiger partial charge >= 0.3 is 0 Å². The van der Waals surface area contributed by atoms with Crippen LogP contribution in [0.2, 0.25) is 5.02 Å². The maximum Gasteiger partial charge on any atom is 0.273 e. The van der Waals surface area contributed by atoms with Crippen LogP contribution in [0.25, 0.3) is 10.8 Å². The third kappa shape index (κ3) is 4.32. The molecule has 1 aromatic heterocycles. The van der Waals surface area contributed by atoms with Gasteiger partial charge in [-0.25, -0.2) is 0 Å². The van der Waals surface area contributed by atoms with Gasteiger partial charge in [0.05, 0.1) is 0 Å². The number of hydrogen-bond donors (Lipinski definition) is 1. The van der Waals surface area contributed by atoms with Gasteiger partial charge in [-0.3, -0.25) is 9.78 Å². The summed E-state index contributed by atoms with van der Waals surface area (Å²) in [4.78, 5) is 22.2. The number of aromatic nitrogens is 1. The fourth-order valence-electron chi connectivity index (χ4n) is 5.12. The number of rotatable bonds is 6. The Hall–Kier alpha value is -2.63. The van der Waals surface area contributed by atoms with Crippen LogP contribution in [0.4, 0.5) is 5.69 Å². The van der Waals surface area contributed by atoms with Gasteiger partial charge in [0.2, 0.25) is 0 Å². The van der Waals surface area contributed by atoms with Crippen LogP contribution in [0.3, 0.4) is 0 Å². The maximum absolute atomic E-state index is 13.2. The Morgan fingerprint density at radius 2 is 1.88 bits per heavy atom. The molecule has 1 amide bonds. The second kappa shape index (κ2) is 9.08. The number of nitrogens with one attached hydrogen (secondary N) is 1. The Balaban J connectivity index is 1.11. The van der Waals surface area contributed by atoms with Gasteiger partial charge in [0.25, 0.3) is 5.91 Å². The van der Waals surface area contributed by atoms with Crippen LogP contribution in [0.5, 0.6) is 0 Å². The minimum absolute atomic E-state index is 0.0729. The molecule has 0 aliphatic carbocycles. The highest BCUT2D eigenvalue weighted by Crippen LogP contribution is 2.32. The molecule has 0 spiro atoms. The van der Waals surface area contributed by atoms with Gasteiger partial charge in [-0.2, -0.15) is 0 Å². The van der Waals surface area contributed by atoms with Crippen molar-refractivity contribution in [3.63, 3.8) is 0 Å². The van der Waals surface area contributed by atoms with Crippen molar-refractivity contribution in [1.29, 1.82) is 0 Å². The first-order valence-corrected chi connectivity index (χ1v) is 11.8. The van der Waals surface area contributed by atoms with Crippen LogP contribution in [0.1, 0.15) is 22.5 Å². The van der Waals surface area contributed by atoms with Crippen molar-refractivity contribution in [2.24, 2.45) is 11.8 Å². The van der Waals surface area contributed by atoms with E-state index in [-0.39, 0.29) is 5.91 Å². The van der Waals surface area contributed by atoms with Gasteiger partial charge in [0, 0.05) is 55.0 Å². The molecule has 2 saturated heterocycles. The summed E-state index contributed by atoms with van der Waals surface area (Å²) in [7, 11) is 0. The van der Waals surface area contributed by atoms with Crippen LogP contribution >= 0.6 is 11.6 Å². The number of anilines is 1. The van der Waals surface area contributed by atoms with E-state index in [0.29, 0.717) is 17.5 Å². The molecule has 2 unspecified atom stereocenters. The molecule has 6 heteroatoms. The minimum Gasteiger partial charge on any atom is -0.385 e. The number of likely N-dealkylation sites (tertiary alicyclic amines) is 2. The fraction of sp³-hybridized carbons (Fsp3) is 0.385. The summed E-state index contributed by atoms with van der Waals surface area (Å²) in [6.07, 6.45) is 2.83. The Bertz CT molecular complexity index is 1110. The van der Waals surface area contributed by atoms with E-state index in [0.717, 1.165) is 72.7 Å². The number of carbonyl (C=O) groups excluding carboxylic acids is 1. The average molecular weight is 449 g/mol. The summed E-state index contributed by atoms with van der Waals surface area (Å²) >= 11 is 6.21. The lowest BCUT2D eigenvalue weighted by atomic mass is 10.0. The van der Waals surface area contributed by atoms with Gasteiger partial charge in [-0.05, 0) is 60.9 Å². The molecule has 166 valence electrons. The van der Waals surface area contributed by atoms with Gasteiger partial charge in [-0.15, -0.1) is 0 Å². The van der Waals surface area contributed by atoms with Gasteiger partial charge in [0.15, 0.2) is 0 Å². The van der Waals surface area contributed by atoms with Gasteiger partial charge in [0.1, 0.15) is 5.69 Å². The zero-order valence-corrected chi connectivity index (χ0v) is 19.2. The zero-order valence-electron chi connectivity index (χ0n) is 18.4. The third-order valence-electron chi connectivity index (χ3n) is 6.88. The van der Waals surface area contributed by atoms with Crippen LogP contribution < -0.4 is 5.32 Å². The molecule has 0 bridgehead atoms. The largest absolute Gasteiger partial charge is 0.385 e. The Labute approximate surface area is 194 Å². The molecule has 2 aliphatic rings. The van der Waals surface area contributed by atoms with Gasteiger partial charge in [-0.1, -0.05) is 41.9 Å². The maximum atomic E-state index is 13.2. The highest BCUT2D eigenvalue weighted by molar-refractivity contribution is 6.31. The highest BCUT2D eigenvalue weighted by Gasteiger charge is 2.41. The number of pyridine rings is 1. The topological polar surface area (TPSA) is 48.5 Å². The van der Waals surface area contributed by atoms with E-state index in [9.17, 15) is 4.79 Å². The van der Waals surface area contributed by atoms with Crippen molar-refractivity contribution in [2.75, 3.05) is 44.6 Å². The lowest BCUT2D eigenvalue weighted by molar-refractivity contribution is 0.0770. The lowest BCUT2D eigenvalue weighted by Gasteiger charge is -2.22. The second-order valence-corrected chi connectivity index (χ2v) is 9.52. The summed E-state index contributed by atoms with van der Waals surface area (Å²) in [5, 5.41) is 6.29. The Morgan fingerprint density at radius 3 is 2.66 bits per heavy atom. The Morgan fingerprint density at radius 1 is 1.09 bits per heavy atom. The molecule has 2 fully saturated rings. The molecule has 1 N–H and O–H groups in total. The molecule has 2 atom stereocenters. The first kappa shape index (κ1) is 21.2. The van der Waals surface area contributed by atoms with E-state index in [2.05, 4.69) is 21.3 Å². The van der Waals surface area contributed by atoms with Crippen molar-refractivity contribution < 1.29 is 4.79 Å². The van der Waals surface area contributed by atoms with Crippen molar-refractivity contribution >= 4 is 34.0 Å². The van der Waals surface area contributed by atoms with Crippen LogP contribution in [-0.4, -0.2) is 60.0 Å². The molecule has 2 aliphatic heterocycles. The quantitative estimate of drug-likeness (QED) is 0.555. The molecule has 5 rings (SSSR count). The fourth-order valence-corrected chi connectivity index (χ4v) is 5.30. The molecule has 0 radical (unpaired) electrons. The molecule has 3 heterocycles. The molecule has 3 aromatic rings. The number of carbonyl (C=O) groups is 1. The standard InChI is InChI=1S/C26H29ClN4O/c1-18-7-8-22(13-24(18)27)28-10-4-12-30-14-20-16-31(17-21(20)15-30)26(32)25-23-6-3-2-5-19(23)9-11-29-25/h2-3,5-9,11,13,20-21,28H,4,10,12,14-17H2,1H3. The van der Waals surface area contributed by atoms with E-state index in [1.807, 2.05) is 54.3 Å². The average Bonchev–Trinajstić information content (AvgIpc) is 3.37. The number of hydrogen-bond acceptors (Lipinski definition) is 4. The highest BCUT2D eigenvalue weighted by atomic mass is 35.5. The van der Waals surface area contributed by atoms with Gasteiger partial charge < -0.3 is 15.1 Å². The number of benzene rings is 2. The SMILES string of the molecule is Cc1ccc(NCCCN2CC3CN(C(=O)c4nccc5ccccc45)CC3C2)cc1Cl.